The van der Waals surface area contributed by atoms with E-state index in [-0.39, 0.29) is 36.0 Å². The maximum atomic E-state index is 14.2. The molecular weight excluding hydrogens is 406 g/mol. The summed E-state index contributed by atoms with van der Waals surface area (Å²) in [6.45, 7) is 0.377. The molecule has 162 valence electrons. The van der Waals surface area contributed by atoms with Crippen LogP contribution in [0.1, 0.15) is 47.8 Å². The SMILES string of the molecule is NC(=O)c1ccnc(OCC23CC(C(=O)N4CC(F)CC4c4cccc(F)c4)(C2)C3)n1. The van der Waals surface area contributed by atoms with Gasteiger partial charge in [-0.3, -0.25) is 9.59 Å². The summed E-state index contributed by atoms with van der Waals surface area (Å²) in [7, 11) is 0. The number of amides is 2. The molecule has 2 aromatic rings. The van der Waals surface area contributed by atoms with Crippen molar-refractivity contribution in [3.8, 4) is 6.01 Å². The van der Waals surface area contributed by atoms with Crippen molar-refractivity contribution in [1.82, 2.24) is 14.9 Å². The van der Waals surface area contributed by atoms with Gasteiger partial charge in [-0.2, -0.15) is 4.98 Å². The second-order valence-corrected chi connectivity index (χ2v) is 9.05. The van der Waals surface area contributed by atoms with Crippen molar-refractivity contribution in [3.05, 3.63) is 53.6 Å². The molecule has 7 nitrogen and oxygen atoms in total. The zero-order chi connectivity index (χ0) is 21.8. The van der Waals surface area contributed by atoms with E-state index in [2.05, 4.69) is 9.97 Å². The number of nitrogens with two attached hydrogens (primary N) is 1. The van der Waals surface area contributed by atoms with E-state index in [4.69, 9.17) is 10.5 Å². The van der Waals surface area contributed by atoms with Crippen LogP contribution >= 0.6 is 0 Å². The van der Waals surface area contributed by atoms with Crippen LogP contribution in [0.4, 0.5) is 8.78 Å². The van der Waals surface area contributed by atoms with Crippen LogP contribution in [-0.2, 0) is 4.79 Å². The molecule has 3 aliphatic carbocycles. The van der Waals surface area contributed by atoms with Crippen molar-refractivity contribution in [2.45, 2.75) is 37.9 Å². The molecule has 2 amide bonds. The van der Waals surface area contributed by atoms with Crippen LogP contribution in [-0.4, -0.2) is 46.0 Å². The van der Waals surface area contributed by atoms with Crippen molar-refractivity contribution in [3.63, 3.8) is 0 Å². The topological polar surface area (TPSA) is 98.4 Å². The normalized spacial score (nSPS) is 31.0. The Bertz CT molecular complexity index is 1040. The van der Waals surface area contributed by atoms with Gasteiger partial charge in [-0.25, -0.2) is 13.8 Å². The molecule has 1 aromatic heterocycles. The fourth-order valence-electron chi connectivity index (χ4n) is 5.49. The summed E-state index contributed by atoms with van der Waals surface area (Å²) in [5, 5.41) is 0. The van der Waals surface area contributed by atoms with Crippen LogP contribution in [0.3, 0.4) is 0 Å². The minimum atomic E-state index is -1.11. The number of primary amides is 1. The predicted octanol–water partition coefficient (Wildman–Crippen LogP) is 2.58. The number of likely N-dealkylation sites (tertiary alicyclic amines) is 1. The van der Waals surface area contributed by atoms with Gasteiger partial charge < -0.3 is 15.4 Å². The number of hydrogen-bond donors (Lipinski definition) is 1. The number of aromatic nitrogens is 2. The molecule has 4 fully saturated rings. The Kier molecular flexibility index (Phi) is 4.46. The minimum Gasteiger partial charge on any atom is -0.463 e. The van der Waals surface area contributed by atoms with Gasteiger partial charge >= 0.3 is 6.01 Å². The first-order valence-electron chi connectivity index (χ1n) is 10.3. The molecule has 2 unspecified atom stereocenters. The van der Waals surface area contributed by atoms with Gasteiger partial charge in [0.2, 0.25) is 5.91 Å². The number of carbonyl (C=O) groups excluding carboxylic acids is 2. The highest BCUT2D eigenvalue weighted by molar-refractivity contribution is 5.90. The van der Waals surface area contributed by atoms with Gasteiger partial charge in [0.15, 0.2) is 0 Å². The molecule has 6 rings (SSSR count). The smallest absolute Gasteiger partial charge is 0.317 e. The van der Waals surface area contributed by atoms with E-state index < -0.39 is 29.4 Å². The Morgan fingerprint density at radius 1 is 1.26 bits per heavy atom. The lowest BCUT2D eigenvalue weighted by Crippen LogP contribution is -2.69. The first-order valence-corrected chi connectivity index (χ1v) is 10.3. The van der Waals surface area contributed by atoms with E-state index in [9.17, 15) is 18.4 Å². The fourth-order valence-corrected chi connectivity index (χ4v) is 5.49. The second kappa shape index (κ2) is 6.96. The summed E-state index contributed by atoms with van der Waals surface area (Å²) < 4.78 is 33.5. The number of hydrogen-bond acceptors (Lipinski definition) is 5. The van der Waals surface area contributed by atoms with Gasteiger partial charge in [0.1, 0.15) is 17.7 Å². The number of rotatable bonds is 6. The first kappa shape index (κ1) is 19.8. The van der Waals surface area contributed by atoms with Crippen LogP contribution in [0.2, 0.25) is 0 Å². The Balaban J connectivity index is 1.23. The summed E-state index contributed by atoms with van der Waals surface area (Å²) in [6.07, 6.45) is 2.43. The van der Waals surface area contributed by atoms with Crippen molar-refractivity contribution < 1.29 is 23.1 Å². The second-order valence-electron chi connectivity index (χ2n) is 9.05. The highest BCUT2D eigenvalue weighted by Gasteiger charge is 2.72. The molecule has 0 radical (unpaired) electrons. The predicted molar refractivity (Wildman–Crippen MR) is 105 cm³/mol. The summed E-state index contributed by atoms with van der Waals surface area (Å²) >= 11 is 0. The van der Waals surface area contributed by atoms with E-state index in [0.29, 0.717) is 31.4 Å². The van der Waals surface area contributed by atoms with E-state index in [1.54, 1.807) is 17.0 Å². The van der Waals surface area contributed by atoms with Gasteiger partial charge in [0.25, 0.3) is 5.91 Å². The summed E-state index contributed by atoms with van der Waals surface area (Å²) in [6, 6.07) is 7.08. The lowest BCUT2D eigenvalue weighted by atomic mass is 9.35. The third kappa shape index (κ3) is 3.32. The van der Waals surface area contributed by atoms with Crippen molar-refractivity contribution in [1.29, 1.82) is 0 Å². The average molecular weight is 428 g/mol. The van der Waals surface area contributed by atoms with Crippen LogP contribution < -0.4 is 10.5 Å². The Hall–Kier alpha value is -3.10. The Morgan fingerprint density at radius 2 is 2.03 bits per heavy atom. The third-order valence-electron chi connectivity index (χ3n) is 6.73. The van der Waals surface area contributed by atoms with Crippen molar-refractivity contribution >= 4 is 11.8 Å². The van der Waals surface area contributed by atoms with Gasteiger partial charge in [-0.05, 0) is 43.0 Å². The molecule has 0 spiro atoms. The summed E-state index contributed by atoms with van der Waals surface area (Å²) in [5.41, 5.74) is 5.30. The van der Waals surface area contributed by atoms with E-state index >= 15 is 0 Å². The lowest BCUT2D eigenvalue weighted by Gasteiger charge is -2.69. The summed E-state index contributed by atoms with van der Waals surface area (Å²) in [5.74, 6) is -1.11. The zero-order valence-electron chi connectivity index (χ0n) is 16.8. The monoisotopic (exact) mass is 428 g/mol. The molecule has 2 heterocycles. The average Bonchev–Trinajstić information content (AvgIpc) is 3.08. The van der Waals surface area contributed by atoms with Gasteiger partial charge in [-0.15, -0.1) is 0 Å². The minimum absolute atomic E-state index is 0.0407. The van der Waals surface area contributed by atoms with Gasteiger partial charge in [0.05, 0.1) is 24.6 Å². The quantitative estimate of drug-likeness (QED) is 0.763. The van der Waals surface area contributed by atoms with Gasteiger partial charge in [-0.1, -0.05) is 12.1 Å². The fraction of sp³-hybridized carbons (Fsp3) is 0.455. The van der Waals surface area contributed by atoms with Crippen LogP contribution in [0.15, 0.2) is 36.5 Å². The number of nitrogens with zero attached hydrogens (tertiary/aromatic N) is 3. The van der Waals surface area contributed by atoms with Crippen molar-refractivity contribution in [2.75, 3.05) is 13.2 Å². The summed E-state index contributed by atoms with van der Waals surface area (Å²) in [4.78, 5) is 34.1. The molecule has 1 aliphatic heterocycles. The molecule has 3 saturated carbocycles. The highest BCUT2D eigenvalue weighted by atomic mass is 19.1. The Labute approximate surface area is 177 Å². The molecule has 2 N–H and O–H groups in total. The van der Waals surface area contributed by atoms with Crippen molar-refractivity contribution in [2.24, 2.45) is 16.6 Å². The molecule has 2 bridgehead atoms. The third-order valence-corrected chi connectivity index (χ3v) is 6.73. The first-order chi connectivity index (χ1) is 14.8. The lowest BCUT2D eigenvalue weighted by molar-refractivity contribution is -0.226. The maximum absolute atomic E-state index is 14.2. The molecular formula is C22H22F2N4O3. The molecule has 1 saturated heterocycles. The number of alkyl halides is 1. The molecule has 9 heteroatoms. The molecule has 4 aliphatic rings. The molecule has 1 aromatic carbocycles. The van der Waals surface area contributed by atoms with E-state index in [1.165, 1.54) is 24.4 Å². The largest absolute Gasteiger partial charge is 0.463 e. The maximum Gasteiger partial charge on any atom is 0.317 e. The number of benzene rings is 1. The van der Waals surface area contributed by atoms with Crippen LogP contribution in [0.25, 0.3) is 0 Å². The zero-order valence-corrected chi connectivity index (χ0v) is 16.8. The number of carbonyl (C=O) groups is 2. The van der Waals surface area contributed by atoms with Gasteiger partial charge in [0, 0.05) is 18.0 Å². The highest BCUT2D eigenvalue weighted by Crippen LogP contribution is 2.74. The molecule has 2 atom stereocenters. The van der Waals surface area contributed by atoms with Crippen LogP contribution in [0, 0.1) is 16.6 Å². The van der Waals surface area contributed by atoms with Crippen LogP contribution in [0.5, 0.6) is 6.01 Å². The van der Waals surface area contributed by atoms with E-state index in [0.717, 1.165) is 0 Å². The number of halogens is 2. The Morgan fingerprint density at radius 3 is 2.74 bits per heavy atom. The molecule has 31 heavy (non-hydrogen) atoms. The van der Waals surface area contributed by atoms with E-state index in [1.807, 2.05) is 0 Å². The standard InChI is InChI=1S/C22H22F2N4O3/c23-14-3-1-2-13(6-14)17-7-15(24)8-28(17)19(30)22-9-21(10-22,11-22)12-31-20-26-5-4-16(27-20)18(25)29/h1-6,15,17H,7-12H2,(H2,25,29). The number of ether oxygens (including phenoxy) is 1.